The number of aromatic nitrogens is 2. The first-order valence-electron chi connectivity index (χ1n) is 8.49. The summed E-state index contributed by atoms with van der Waals surface area (Å²) < 4.78 is 12.6. The molecule has 0 spiro atoms. The standard InChI is InChI=1S/C19H27N3O3S/c1-14-15(2)22(10-11-24-4)19(20-14)26-13-18(23)21(3)12-16-8-6-7-9-17(16)25-5/h6-9H,10-13H2,1-5H3. The Morgan fingerprint density at radius 3 is 2.69 bits per heavy atom. The molecule has 0 saturated heterocycles. The predicted molar refractivity (Wildman–Crippen MR) is 104 cm³/mol. The van der Waals surface area contributed by atoms with Gasteiger partial charge in [0.05, 0.1) is 25.2 Å². The number of hydrogen-bond donors (Lipinski definition) is 0. The molecular weight excluding hydrogens is 350 g/mol. The lowest BCUT2D eigenvalue weighted by Gasteiger charge is -2.18. The van der Waals surface area contributed by atoms with Gasteiger partial charge in [0.2, 0.25) is 5.91 Å². The van der Waals surface area contributed by atoms with E-state index in [9.17, 15) is 4.79 Å². The van der Waals surface area contributed by atoms with Gasteiger partial charge >= 0.3 is 0 Å². The van der Waals surface area contributed by atoms with Crippen LogP contribution in [-0.4, -0.2) is 54.0 Å². The average Bonchev–Trinajstić information content (AvgIpc) is 2.91. The van der Waals surface area contributed by atoms with Crippen molar-refractivity contribution in [3.8, 4) is 5.75 Å². The van der Waals surface area contributed by atoms with Crippen molar-refractivity contribution in [1.29, 1.82) is 0 Å². The third-order valence-corrected chi connectivity index (χ3v) is 5.25. The highest BCUT2D eigenvalue weighted by atomic mass is 32.2. The molecule has 1 aromatic heterocycles. The Balaban J connectivity index is 1.99. The van der Waals surface area contributed by atoms with Gasteiger partial charge in [0.15, 0.2) is 5.16 Å². The summed E-state index contributed by atoms with van der Waals surface area (Å²) in [5.41, 5.74) is 3.09. The van der Waals surface area contributed by atoms with Crippen LogP contribution in [0.2, 0.25) is 0 Å². The Labute approximate surface area is 159 Å². The van der Waals surface area contributed by atoms with Crippen molar-refractivity contribution in [2.24, 2.45) is 0 Å². The molecule has 0 N–H and O–H groups in total. The van der Waals surface area contributed by atoms with Gasteiger partial charge in [0.1, 0.15) is 5.75 Å². The van der Waals surface area contributed by atoms with Crippen molar-refractivity contribution in [3.05, 3.63) is 41.2 Å². The van der Waals surface area contributed by atoms with E-state index in [0.29, 0.717) is 18.9 Å². The SMILES string of the molecule is COCCn1c(SCC(=O)N(C)Cc2ccccc2OC)nc(C)c1C. The van der Waals surface area contributed by atoms with Crippen LogP contribution in [0.4, 0.5) is 0 Å². The van der Waals surface area contributed by atoms with E-state index in [2.05, 4.69) is 9.55 Å². The minimum atomic E-state index is 0.0532. The Kier molecular flexibility index (Phi) is 7.53. The van der Waals surface area contributed by atoms with Gasteiger partial charge in [-0.2, -0.15) is 0 Å². The molecule has 0 radical (unpaired) electrons. The summed E-state index contributed by atoms with van der Waals surface area (Å²) in [6.07, 6.45) is 0. The molecule has 0 saturated carbocycles. The molecule has 0 bridgehead atoms. The predicted octanol–water partition coefficient (Wildman–Crippen LogP) is 2.91. The monoisotopic (exact) mass is 377 g/mol. The van der Waals surface area contributed by atoms with Crippen LogP contribution in [0.25, 0.3) is 0 Å². The maximum Gasteiger partial charge on any atom is 0.233 e. The molecule has 0 aliphatic heterocycles. The lowest BCUT2D eigenvalue weighted by atomic mass is 10.2. The number of nitrogens with zero attached hydrogens (tertiary/aromatic N) is 3. The number of thioether (sulfide) groups is 1. The van der Waals surface area contributed by atoms with Crippen molar-refractivity contribution in [1.82, 2.24) is 14.5 Å². The van der Waals surface area contributed by atoms with Gasteiger partial charge in [-0.15, -0.1) is 0 Å². The van der Waals surface area contributed by atoms with Crippen LogP contribution >= 0.6 is 11.8 Å². The number of methoxy groups -OCH3 is 2. The van der Waals surface area contributed by atoms with Crippen LogP contribution in [0.15, 0.2) is 29.4 Å². The normalized spacial score (nSPS) is 10.8. The molecule has 142 valence electrons. The summed E-state index contributed by atoms with van der Waals surface area (Å²) in [6, 6.07) is 7.74. The molecule has 0 aliphatic rings. The Hall–Kier alpha value is -1.99. The molecule has 0 aliphatic carbocycles. The summed E-state index contributed by atoms with van der Waals surface area (Å²) in [6.45, 7) is 5.89. The molecule has 1 heterocycles. The number of para-hydroxylation sites is 1. The first-order valence-corrected chi connectivity index (χ1v) is 9.47. The van der Waals surface area contributed by atoms with Crippen molar-refractivity contribution in [3.63, 3.8) is 0 Å². The number of carbonyl (C=O) groups excluding carboxylic acids is 1. The molecule has 26 heavy (non-hydrogen) atoms. The Bertz CT molecular complexity index is 746. The number of benzene rings is 1. The summed E-state index contributed by atoms with van der Waals surface area (Å²) >= 11 is 1.46. The second-order valence-electron chi connectivity index (χ2n) is 6.06. The highest BCUT2D eigenvalue weighted by Crippen LogP contribution is 2.23. The molecular formula is C19H27N3O3S. The second-order valence-corrected chi connectivity index (χ2v) is 7.00. The highest BCUT2D eigenvalue weighted by molar-refractivity contribution is 7.99. The molecule has 7 heteroatoms. The van der Waals surface area contributed by atoms with E-state index in [1.807, 2.05) is 45.2 Å². The van der Waals surface area contributed by atoms with Crippen LogP contribution in [-0.2, 0) is 22.6 Å². The molecule has 1 aromatic carbocycles. The number of rotatable bonds is 9. The van der Waals surface area contributed by atoms with Crippen LogP contribution in [0.5, 0.6) is 5.75 Å². The third-order valence-electron chi connectivity index (χ3n) is 4.29. The smallest absolute Gasteiger partial charge is 0.233 e. The number of ether oxygens (including phenoxy) is 2. The van der Waals surface area contributed by atoms with Crippen LogP contribution < -0.4 is 4.74 Å². The summed E-state index contributed by atoms with van der Waals surface area (Å²) in [7, 11) is 5.13. The van der Waals surface area contributed by atoms with Gasteiger partial charge < -0.3 is 18.9 Å². The summed E-state index contributed by atoms with van der Waals surface area (Å²) in [5, 5.41) is 0.857. The molecule has 2 rings (SSSR count). The number of hydrogen-bond acceptors (Lipinski definition) is 5. The number of carbonyl (C=O) groups is 1. The lowest BCUT2D eigenvalue weighted by Crippen LogP contribution is -2.28. The molecule has 2 aromatic rings. The van der Waals surface area contributed by atoms with Gasteiger partial charge in [-0.05, 0) is 19.9 Å². The number of imidazole rings is 1. The van der Waals surface area contributed by atoms with E-state index in [0.717, 1.165) is 34.4 Å². The Morgan fingerprint density at radius 1 is 1.27 bits per heavy atom. The number of aryl methyl sites for hydroxylation is 1. The van der Waals surface area contributed by atoms with Crippen molar-refractivity contribution < 1.29 is 14.3 Å². The summed E-state index contributed by atoms with van der Waals surface area (Å²) in [5.74, 6) is 1.19. The van der Waals surface area contributed by atoms with Gasteiger partial charge in [-0.25, -0.2) is 4.98 Å². The third kappa shape index (κ3) is 5.02. The minimum Gasteiger partial charge on any atom is -0.496 e. The van der Waals surface area contributed by atoms with Gasteiger partial charge in [0, 0.05) is 38.5 Å². The fraction of sp³-hybridized carbons (Fsp3) is 0.474. The second kappa shape index (κ2) is 9.64. The fourth-order valence-electron chi connectivity index (χ4n) is 2.59. The van der Waals surface area contributed by atoms with E-state index < -0.39 is 0 Å². The van der Waals surface area contributed by atoms with E-state index in [1.54, 1.807) is 19.1 Å². The van der Waals surface area contributed by atoms with Crippen LogP contribution in [0.1, 0.15) is 17.0 Å². The van der Waals surface area contributed by atoms with Gasteiger partial charge in [-0.3, -0.25) is 4.79 Å². The molecule has 1 amide bonds. The van der Waals surface area contributed by atoms with Gasteiger partial charge in [-0.1, -0.05) is 30.0 Å². The van der Waals surface area contributed by atoms with Crippen molar-refractivity contribution in [2.45, 2.75) is 32.1 Å². The lowest BCUT2D eigenvalue weighted by molar-refractivity contribution is -0.127. The number of amides is 1. The molecule has 6 nitrogen and oxygen atoms in total. The zero-order valence-corrected chi connectivity index (χ0v) is 16.9. The largest absolute Gasteiger partial charge is 0.496 e. The first kappa shape index (κ1) is 20.3. The van der Waals surface area contributed by atoms with Gasteiger partial charge in [0.25, 0.3) is 0 Å². The van der Waals surface area contributed by atoms with E-state index >= 15 is 0 Å². The fourth-order valence-corrected chi connectivity index (χ4v) is 3.65. The van der Waals surface area contributed by atoms with Crippen molar-refractivity contribution >= 4 is 17.7 Å². The molecule has 0 atom stereocenters. The topological polar surface area (TPSA) is 56.6 Å². The quantitative estimate of drug-likeness (QED) is 0.629. The average molecular weight is 378 g/mol. The maximum atomic E-state index is 12.5. The van der Waals surface area contributed by atoms with Crippen LogP contribution in [0, 0.1) is 13.8 Å². The zero-order valence-electron chi connectivity index (χ0n) is 16.1. The minimum absolute atomic E-state index is 0.0532. The maximum absolute atomic E-state index is 12.5. The van der Waals surface area contributed by atoms with Crippen LogP contribution in [0.3, 0.4) is 0 Å². The molecule has 0 fully saturated rings. The molecule has 0 unspecified atom stereocenters. The van der Waals surface area contributed by atoms with E-state index in [-0.39, 0.29) is 5.91 Å². The van der Waals surface area contributed by atoms with E-state index in [4.69, 9.17) is 9.47 Å². The Morgan fingerprint density at radius 2 is 2.00 bits per heavy atom. The highest BCUT2D eigenvalue weighted by Gasteiger charge is 2.16. The summed E-state index contributed by atoms with van der Waals surface area (Å²) in [4.78, 5) is 18.8. The first-order chi connectivity index (χ1) is 12.5. The van der Waals surface area contributed by atoms with E-state index in [1.165, 1.54) is 11.8 Å². The zero-order chi connectivity index (χ0) is 19.1. The van der Waals surface area contributed by atoms with Crippen molar-refractivity contribution in [2.75, 3.05) is 33.6 Å².